The third-order valence-corrected chi connectivity index (χ3v) is 11.0. The van der Waals surface area contributed by atoms with Crippen LogP contribution in [0.3, 0.4) is 0 Å². The minimum atomic E-state index is -1.52. The molecule has 20 heavy (non-hydrogen) atoms. The van der Waals surface area contributed by atoms with Gasteiger partial charge in [0, 0.05) is 6.61 Å². The van der Waals surface area contributed by atoms with E-state index in [1.165, 1.54) is 24.9 Å². The first-order valence-corrected chi connectivity index (χ1v) is 14.8. The van der Waals surface area contributed by atoms with E-state index in [-0.39, 0.29) is 0 Å². The summed E-state index contributed by atoms with van der Waals surface area (Å²) in [5.41, 5.74) is 0. The van der Waals surface area contributed by atoms with E-state index < -0.39 is 16.6 Å². The highest BCUT2D eigenvalue weighted by atomic mass is 28.4. The van der Waals surface area contributed by atoms with E-state index in [1.807, 2.05) is 13.8 Å². The second-order valence-electron chi connectivity index (χ2n) is 6.90. The summed E-state index contributed by atoms with van der Waals surface area (Å²) in [6, 6.07) is 2.48. The van der Waals surface area contributed by atoms with Crippen LogP contribution in [0.2, 0.25) is 38.3 Å². The fourth-order valence-electron chi connectivity index (χ4n) is 2.94. The molecule has 0 aliphatic rings. The molecule has 0 aromatic rings. The van der Waals surface area contributed by atoms with Gasteiger partial charge in [-0.2, -0.15) is 0 Å². The molecule has 0 aromatic carbocycles. The van der Waals surface area contributed by atoms with Gasteiger partial charge in [-0.1, -0.05) is 47.0 Å². The van der Waals surface area contributed by atoms with Crippen LogP contribution in [0.15, 0.2) is 0 Å². The molecule has 2 nitrogen and oxygen atoms in total. The number of aliphatic hydroxyl groups is 1. The van der Waals surface area contributed by atoms with E-state index >= 15 is 0 Å². The second kappa shape index (κ2) is 12.0. The first-order chi connectivity index (χ1) is 9.22. The molecule has 0 aromatic heterocycles. The van der Waals surface area contributed by atoms with Crippen molar-refractivity contribution in [3.05, 3.63) is 0 Å². The van der Waals surface area contributed by atoms with Gasteiger partial charge in [-0.25, -0.2) is 0 Å². The summed E-state index contributed by atoms with van der Waals surface area (Å²) in [5.74, 6) is 0.805. The van der Waals surface area contributed by atoms with Crippen molar-refractivity contribution in [2.24, 2.45) is 5.92 Å². The van der Waals surface area contributed by atoms with Gasteiger partial charge in [0.05, 0.1) is 0 Å². The van der Waals surface area contributed by atoms with Crippen LogP contribution in [-0.4, -0.2) is 28.3 Å². The predicted octanol–water partition coefficient (Wildman–Crippen LogP) is 5.65. The summed E-state index contributed by atoms with van der Waals surface area (Å²) < 4.78 is 6.59. The minimum absolute atomic E-state index is 0.318. The van der Waals surface area contributed by atoms with Crippen molar-refractivity contribution < 1.29 is 9.22 Å². The fraction of sp³-hybridized carbons (Fsp3) is 1.00. The van der Waals surface area contributed by atoms with Crippen LogP contribution in [0.4, 0.5) is 0 Å². The third-order valence-electron chi connectivity index (χ3n) is 3.36. The Kier molecular flexibility index (Phi) is 13.5. The van der Waals surface area contributed by atoms with E-state index in [9.17, 15) is 0 Å². The Hall–Kier alpha value is 0.354. The summed E-state index contributed by atoms with van der Waals surface area (Å²) >= 11 is 0. The maximum Gasteiger partial charge on any atom is 0.173 e. The van der Waals surface area contributed by atoms with E-state index in [1.54, 1.807) is 0 Å². The van der Waals surface area contributed by atoms with Crippen molar-refractivity contribution in [1.29, 1.82) is 0 Å². The maximum absolute atomic E-state index is 8.86. The van der Waals surface area contributed by atoms with Gasteiger partial charge in [0.15, 0.2) is 16.6 Å². The zero-order valence-electron chi connectivity index (χ0n) is 15.4. The summed E-state index contributed by atoms with van der Waals surface area (Å²) in [7, 11) is -3.02. The molecule has 0 bridgehead atoms. The molecule has 0 saturated carbocycles. The molecule has 1 N–H and O–H groups in total. The number of unbranched alkanes of at least 4 members (excludes halogenated alkanes) is 1. The van der Waals surface area contributed by atoms with Gasteiger partial charge >= 0.3 is 0 Å². The number of rotatable bonds is 10. The molecule has 0 radical (unpaired) electrons. The van der Waals surface area contributed by atoms with Gasteiger partial charge in [0.1, 0.15) is 0 Å². The van der Waals surface area contributed by atoms with Gasteiger partial charge in [0.25, 0.3) is 0 Å². The minimum Gasteiger partial charge on any atom is -0.455 e. The molecule has 0 aliphatic heterocycles. The summed E-state index contributed by atoms with van der Waals surface area (Å²) in [6.07, 6.45) is 4.65. The molecule has 1 unspecified atom stereocenters. The van der Waals surface area contributed by atoms with Gasteiger partial charge < -0.3 is 9.22 Å². The lowest BCUT2D eigenvalue weighted by Crippen LogP contribution is -2.45. The van der Waals surface area contributed by atoms with E-state index in [0.717, 1.165) is 18.8 Å². The van der Waals surface area contributed by atoms with Crippen molar-refractivity contribution in [2.75, 3.05) is 6.61 Å². The van der Waals surface area contributed by atoms with Crippen LogP contribution in [0, 0.1) is 5.92 Å². The lowest BCUT2D eigenvalue weighted by atomic mass is 10.1. The number of hydrogen-bond donors (Lipinski definition) is 1. The van der Waals surface area contributed by atoms with Crippen molar-refractivity contribution in [3.8, 4) is 0 Å². The molecule has 0 spiro atoms. The van der Waals surface area contributed by atoms with Gasteiger partial charge in [-0.05, 0) is 50.6 Å². The highest BCUT2D eigenvalue weighted by Crippen LogP contribution is 2.27. The lowest BCUT2D eigenvalue weighted by molar-refractivity contribution is 0.286. The van der Waals surface area contributed by atoms with Crippen LogP contribution in [0.5, 0.6) is 0 Å². The van der Waals surface area contributed by atoms with Crippen molar-refractivity contribution in [3.63, 3.8) is 0 Å². The molecule has 0 rings (SSSR count). The second-order valence-corrected chi connectivity index (χ2v) is 15.7. The van der Waals surface area contributed by atoms with Crippen LogP contribution in [-0.2, 0) is 4.12 Å². The maximum atomic E-state index is 8.86. The molecule has 0 amide bonds. The number of hydrogen-bond acceptors (Lipinski definition) is 2. The molecule has 0 saturated heterocycles. The van der Waals surface area contributed by atoms with Crippen LogP contribution < -0.4 is 0 Å². The van der Waals surface area contributed by atoms with Crippen molar-refractivity contribution in [2.45, 2.75) is 91.7 Å². The van der Waals surface area contributed by atoms with Crippen molar-refractivity contribution in [1.82, 2.24) is 0 Å². The van der Waals surface area contributed by atoms with Gasteiger partial charge in [-0.15, -0.1) is 0 Å². The standard InChI is InChI=1S/C14H34O2Si2.C2H6/c1-7-10-14(2)13-18(5,6)16-17(3,4)12-9-8-11-15;1-2/h14-15H,7-13H2,1-6H3;1-2H3. The predicted molar refractivity (Wildman–Crippen MR) is 97.4 cm³/mol. The Labute approximate surface area is 130 Å². The van der Waals surface area contributed by atoms with E-state index in [2.05, 4.69) is 40.0 Å². The van der Waals surface area contributed by atoms with Crippen LogP contribution >= 0.6 is 0 Å². The summed E-state index contributed by atoms with van der Waals surface area (Å²) in [4.78, 5) is 0. The Bertz CT molecular complexity index is 219. The SMILES string of the molecule is CC.CCCC(C)C[Si](C)(C)O[Si](C)(C)CCCCO. The van der Waals surface area contributed by atoms with Crippen molar-refractivity contribution >= 4 is 16.6 Å². The largest absolute Gasteiger partial charge is 0.455 e. The van der Waals surface area contributed by atoms with Gasteiger partial charge in [-0.3, -0.25) is 0 Å². The molecule has 124 valence electrons. The summed E-state index contributed by atoms with van der Waals surface area (Å²) in [6.45, 7) is 18.4. The molecular weight excluding hydrogens is 280 g/mol. The molecule has 0 fully saturated rings. The van der Waals surface area contributed by atoms with E-state index in [0.29, 0.717) is 6.61 Å². The quantitative estimate of drug-likeness (QED) is 0.416. The monoisotopic (exact) mass is 320 g/mol. The average molecular weight is 321 g/mol. The highest BCUT2D eigenvalue weighted by Gasteiger charge is 2.33. The fourth-order valence-corrected chi connectivity index (χ4v) is 12.6. The Balaban J connectivity index is 0. The smallest absolute Gasteiger partial charge is 0.173 e. The molecule has 1 atom stereocenters. The zero-order chi connectivity index (χ0) is 16.2. The Morgan fingerprint density at radius 3 is 2.00 bits per heavy atom. The molecule has 4 heteroatoms. The third kappa shape index (κ3) is 13.3. The lowest BCUT2D eigenvalue weighted by Gasteiger charge is -2.35. The highest BCUT2D eigenvalue weighted by molar-refractivity contribution is 6.84. The topological polar surface area (TPSA) is 29.5 Å². The van der Waals surface area contributed by atoms with Crippen LogP contribution in [0.25, 0.3) is 0 Å². The average Bonchev–Trinajstić information content (AvgIpc) is 2.29. The zero-order valence-corrected chi connectivity index (χ0v) is 17.4. The first kappa shape index (κ1) is 22.6. The summed E-state index contributed by atoms with van der Waals surface area (Å²) in [5, 5.41) is 8.86. The molecule has 0 heterocycles. The first-order valence-electron chi connectivity index (χ1n) is 8.53. The normalized spacial score (nSPS) is 13.7. The van der Waals surface area contributed by atoms with E-state index in [4.69, 9.17) is 9.22 Å². The van der Waals surface area contributed by atoms with Gasteiger partial charge in [0.2, 0.25) is 0 Å². The Morgan fingerprint density at radius 2 is 1.55 bits per heavy atom. The molecule has 0 aliphatic carbocycles. The Morgan fingerprint density at radius 1 is 1.00 bits per heavy atom. The van der Waals surface area contributed by atoms with Crippen LogP contribution in [0.1, 0.15) is 53.4 Å². The molecular formula is C16H40O2Si2. The number of aliphatic hydroxyl groups excluding tert-OH is 1.